The summed E-state index contributed by atoms with van der Waals surface area (Å²) in [6.07, 6.45) is 1.88. The minimum atomic E-state index is -0.435. The van der Waals surface area contributed by atoms with Gasteiger partial charge in [0, 0.05) is 25.9 Å². The van der Waals surface area contributed by atoms with Gasteiger partial charge in [0.05, 0.1) is 19.6 Å². The molecule has 4 rings (SSSR count). The molecule has 0 aromatic heterocycles. The average Bonchev–Trinajstić information content (AvgIpc) is 3.17. The van der Waals surface area contributed by atoms with Gasteiger partial charge in [0.2, 0.25) is 12.7 Å². The summed E-state index contributed by atoms with van der Waals surface area (Å²) >= 11 is 0. The number of hydrogen-bond donors (Lipinski definition) is 0. The predicted octanol–water partition coefficient (Wildman–Crippen LogP) is 1.32. The van der Waals surface area contributed by atoms with Crippen molar-refractivity contribution in [1.82, 2.24) is 4.90 Å². The van der Waals surface area contributed by atoms with E-state index in [2.05, 4.69) is 0 Å². The van der Waals surface area contributed by atoms with Crippen molar-refractivity contribution in [1.29, 1.82) is 0 Å². The molecule has 0 bridgehead atoms. The summed E-state index contributed by atoms with van der Waals surface area (Å²) in [7, 11) is 0. The highest BCUT2D eigenvalue weighted by Gasteiger charge is 2.40. The van der Waals surface area contributed by atoms with E-state index in [1.807, 2.05) is 23.1 Å². The maximum atomic E-state index is 12.4. The number of rotatable bonds is 2. The molecule has 3 aliphatic rings. The van der Waals surface area contributed by atoms with Crippen molar-refractivity contribution in [3.63, 3.8) is 0 Å². The largest absolute Gasteiger partial charge is 0.454 e. The molecule has 2 fully saturated rings. The number of carbonyl (C=O) groups is 1. The smallest absolute Gasteiger partial charge is 0.231 e. The molecule has 0 N–H and O–H groups in total. The minimum absolute atomic E-state index is 0.131. The fourth-order valence-electron chi connectivity index (χ4n) is 3.22. The average molecular weight is 305 g/mol. The number of carbonyl (C=O) groups excluding carboxylic acids is 1. The van der Waals surface area contributed by atoms with Crippen LogP contribution in [0.1, 0.15) is 18.4 Å². The Balaban J connectivity index is 1.36. The van der Waals surface area contributed by atoms with E-state index in [1.165, 1.54) is 0 Å². The molecule has 0 unspecified atom stereocenters. The zero-order valence-electron chi connectivity index (χ0n) is 12.4. The van der Waals surface area contributed by atoms with E-state index in [0.29, 0.717) is 32.7 Å². The SMILES string of the molecule is O=C(Cc1ccc2c(c1)OCO2)N1CCC2(CC1)OCCO2. The third-order valence-corrected chi connectivity index (χ3v) is 4.48. The fraction of sp³-hybridized carbons (Fsp3) is 0.562. The molecule has 1 aromatic rings. The normalized spacial score (nSPS) is 22.3. The maximum Gasteiger partial charge on any atom is 0.231 e. The quantitative estimate of drug-likeness (QED) is 0.825. The van der Waals surface area contributed by atoms with Gasteiger partial charge in [-0.3, -0.25) is 4.79 Å². The molecular formula is C16H19NO5. The van der Waals surface area contributed by atoms with Gasteiger partial charge in [-0.2, -0.15) is 0 Å². The van der Waals surface area contributed by atoms with Crippen molar-refractivity contribution in [3.8, 4) is 11.5 Å². The third kappa shape index (κ3) is 2.53. The molecule has 0 aliphatic carbocycles. The number of benzene rings is 1. The second kappa shape index (κ2) is 5.44. The molecule has 6 heteroatoms. The van der Waals surface area contributed by atoms with E-state index in [-0.39, 0.29) is 12.7 Å². The van der Waals surface area contributed by atoms with Crippen molar-refractivity contribution in [2.45, 2.75) is 25.0 Å². The van der Waals surface area contributed by atoms with Gasteiger partial charge >= 0.3 is 0 Å². The molecule has 3 aliphatic heterocycles. The Morgan fingerprint density at radius 1 is 1.09 bits per heavy atom. The van der Waals surface area contributed by atoms with Crippen LogP contribution >= 0.6 is 0 Å². The molecule has 118 valence electrons. The lowest BCUT2D eigenvalue weighted by Gasteiger charge is -2.37. The van der Waals surface area contributed by atoms with Gasteiger partial charge in [0.25, 0.3) is 0 Å². The van der Waals surface area contributed by atoms with Crippen molar-refractivity contribution >= 4 is 5.91 Å². The fourth-order valence-corrected chi connectivity index (χ4v) is 3.22. The monoisotopic (exact) mass is 305 g/mol. The van der Waals surface area contributed by atoms with Crippen LogP contribution in [0.4, 0.5) is 0 Å². The Kier molecular flexibility index (Phi) is 3.43. The van der Waals surface area contributed by atoms with Crippen LogP contribution in [0.2, 0.25) is 0 Å². The molecule has 1 spiro atoms. The minimum Gasteiger partial charge on any atom is -0.454 e. The van der Waals surface area contributed by atoms with Gasteiger partial charge in [-0.25, -0.2) is 0 Å². The summed E-state index contributed by atoms with van der Waals surface area (Å²) < 4.78 is 22.0. The van der Waals surface area contributed by atoms with E-state index < -0.39 is 5.79 Å². The highest BCUT2D eigenvalue weighted by molar-refractivity contribution is 5.79. The summed E-state index contributed by atoms with van der Waals surface area (Å²) in [6, 6.07) is 5.66. The van der Waals surface area contributed by atoms with Crippen molar-refractivity contribution in [3.05, 3.63) is 23.8 Å². The highest BCUT2D eigenvalue weighted by Crippen LogP contribution is 2.33. The van der Waals surface area contributed by atoms with Gasteiger partial charge in [-0.15, -0.1) is 0 Å². The van der Waals surface area contributed by atoms with Crippen LogP contribution < -0.4 is 9.47 Å². The Hall–Kier alpha value is -1.79. The van der Waals surface area contributed by atoms with Gasteiger partial charge in [0.15, 0.2) is 17.3 Å². The Morgan fingerprint density at radius 3 is 2.59 bits per heavy atom. The number of amides is 1. The second-order valence-electron chi connectivity index (χ2n) is 5.85. The molecule has 3 heterocycles. The Morgan fingerprint density at radius 2 is 1.82 bits per heavy atom. The Bertz CT molecular complexity index is 572. The molecule has 0 saturated carbocycles. The van der Waals surface area contributed by atoms with Crippen molar-refractivity contribution in [2.75, 3.05) is 33.1 Å². The second-order valence-corrected chi connectivity index (χ2v) is 5.85. The van der Waals surface area contributed by atoms with Gasteiger partial charge in [-0.1, -0.05) is 6.07 Å². The number of nitrogens with zero attached hydrogens (tertiary/aromatic N) is 1. The number of ether oxygens (including phenoxy) is 4. The van der Waals surface area contributed by atoms with Crippen LogP contribution in [0.15, 0.2) is 18.2 Å². The van der Waals surface area contributed by atoms with E-state index >= 15 is 0 Å². The Labute approximate surface area is 128 Å². The van der Waals surface area contributed by atoms with Gasteiger partial charge in [-0.05, 0) is 17.7 Å². The van der Waals surface area contributed by atoms with E-state index in [1.54, 1.807) is 0 Å². The van der Waals surface area contributed by atoms with E-state index in [9.17, 15) is 4.79 Å². The highest BCUT2D eigenvalue weighted by atomic mass is 16.7. The van der Waals surface area contributed by atoms with Crippen LogP contribution in [0, 0.1) is 0 Å². The summed E-state index contributed by atoms with van der Waals surface area (Å²) in [5, 5.41) is 0. The standard InChI is InChI=1S/C16H19NO5/c18-15(10-12-1-2-13-14(9-12)20-11-19-13)17-5-3-16(4-6-17)21-7-8-22-16/h1-2,9H,3-8,10-11H2. The number of hydrogen-bond acceptors (Lipinski definition) is 5. The summed E-state index contributed by atoms with van der Waals surface area (Å²) in [5.74, 6) is 1.16. The molecule has 2 saturated heterocycles. The number of fused-ring (bicyclic) bond motifs is 1. The van der Waals surface area contributed by atoms with Crippen LogP contribution in [0.5, 0.6) is 11.5 Å². The molecule has 6 nitrogen and oxygen atoms in total. The van der Waals surface area contributed by atoms with Crippen LogP contribution in [0.25, 0.3) is 0 Å². The molecule has 1 amide bonds. The molecule has 0 radical (unpaired) electrons. The number of likely N-dealkylation sites (tertiary alicyclic amines) is 1. The summed E-state index contributed by atoms with van der Waals surface area (Å²) in [4.78, 5) is 14.3. The van der Waals surface area contributed by atoms with Crippen LogP contribution in [0.3, 0.4) is 0 Å². The predicted molar refractivity (Wildman–Crippen MR) is 76.7 cm³/mol. The lowest BCUT2D eigenvalue weighted by molar-refractivity contribution is -0.187. The molecule has 22 heavy (non-hydrogen) atoms. The molecule has 1 aromatic carbocycles. The zero-order valence-corrected chi connectivity index (χ0v) is 12.4. The zero-order chi connectivity index (χ0) is 15.0. The first kappa shape index (κ1) is 13.8. The lowest BCUT2D eigenvalue weighted by Crippen LogP contribution is -2.47. The van der Waals surface area contributed by atoms with E-state index in [0.717, 1.165) is 29.9 Å². The topological polar surface area (TPSA) is 57.2 Å². The van der Waals surface area contributed by atoms with E-state index in [4.69, 9.17) is 18.9 Å². The first-order valence-corrected chi connectivity index (χ1v) is 7.68. The summed E-state index contributed by atoms with van der Waals surface area (Å²) in [5.41, 5.74) is 0.947. The molecule has 0 atom stereocenters. The lowest BCUT2D eigenvalue weighted by atomic mass is 10.0. The first-order chi connectivity index (χ1) is 10.7. The van der Waals surface area contributed by atoms with Crippen molar-refractivity contribution < 1.29 is 23.7 Å². The van der Waals surface area contributed by atoms with Gasteiger partial charge in [0.1, 0.15) is 0 Å². The third-order valence-electron chi connectivity index (χ3n) is 4.48. The van der Waals surface area contributed by atoms with Crippen LogP contribution in [-0.2, 0) is 20.7 Å². The summed E-state index contributed by atoms with van der Waals surface area (Å²) in [6.45, 7) is 2.93. The first-order valence-electron chi connectivity index (χ1n) is 7.68. The van der Waals surface area contributed by atoms with Gasteiger partial charge < -0.3 is 23.8 Å². The van der Waals surface area contributed by atoms with Crippen molar-refractivity contribution in [2.24, 2.45) is 0 Å². The maximum absolute atomic E-state index is 12.4. The van der Waals surface area contributed by atoms with Crippen LogP contribution in [-0.4, -0.2) is 49.7 Å². The number of piperidine rings is 1. The molecular weight excluding hydrogens is 286 g/mol.